The Labute approximate surface area is 123 Å². The molecule has 1 unspecified atom stereocenters. The van der Waals surface area contributed by atoms with E-state index in [2.05, 4.69) is 5.32 Å². The third kappa shape index (κ3) is 4.04. The van der Waals surface area contributed by atoms with Gasteiger partial charge in [0.15, 0.2) is 0 Å². The molecule has 0 aliphatic rings. The van der Waals surface area contributed by atoms with Crippen LogP contribution in [-0.4, -0.2) is 32.9 Å². The molecule has 0 fully saturated rings. The fourth-order valence-corrected chi connectivity index (χ4v) is 3.79. The van der Waals surface area contributed by atoms with Crippen LogP contribution in [0.4, 0.5) is 0 Å². The standard InChI is InChI=1S/C15H26N2O2S/c1-5-10-17(11-6-2)20(18,19)15-9-7-8-14(12-15)13(3)16-4/h7-9,12-13,16H,5-6,10-11H2,1-4H3. The SMILES string of the molecule is CCCN(CCC)S(=O)(=O)c1cccc(C(C)NC)c1. The van der Waals surface area contributed by atoms with Crippen LogP contribution in [0.5, 0.6) is 0 Å². The Kier molecular flexibility index (Phi) is 6.65. The monoisotopic (exact) mass is 298 g/mol. The maximum atomic E-state index is 12.7. The third-order valence-electron chi connectivity index (χ3n) is 3.37. The van der Waals surface area contributed by atoms with Crippen molar-refractivity contribution in [2.45, 2.75) is 44.6 Å². The van der Waals surface area contributed by atoms with E-state index in [0.29, 0.717) is 18.0 Å². The summed E-state index contributed by atoms with van der Waals surface area (Å²) in [4.78, 5) is 0.388. The molecule has 0 saturated carbocycles. The molecule has 1 rings (SSSR count). The molecule has 5 heteroatoms. The maximum Gasteiger partial charge on any atom is 0.243 e. The zero-order valence-corrected chi connectivity index (χ0v) is 13.7. The van der Waals surface area contributed by atoms with Crippen molar-refractivity contribution in [3.8, 4) is 0 Å². The Balaban J connectivity index is 3.13. The van der Waals surface area contributed by atoms with Crippen LogP contribution in [0.1, 0.15) is 45.2 Å². The number of benzene rings is 1. The third-order valence-corrected chi connectivity index (χ3v) is 5.27. The second-order valence-electron chi connectivity index (χ2n) is 4.99. The molecular weight excluding hydrogens is 272 g/mol. The lowest BCUT2D eigenvalue weighted by Crippen LogP contribution is -2.32. The second kappa shape index (κ2) is 7.76. The summed E-state index contributed by atoms with van der Waals surface area (Å²) in [6.07, 6.45) is 1.65. The highest BCUT2D eigenvalue weighted by Crippen LogP contribution is 2.21. The molecule has 1 atom stereocenters. The zero-order valence-electron chi connectivity index (χ0n) is 12.9. The van der Waals surface area contributed by atoms with Crippen LogP contribution in [-0.2, 0) is 10.0 Å². The van der Waals surface area contributed by atoms with E-state index in [1.54, 1.807) is 16.4 Å². The van der Waals surface area contributed by atoms with Crippen LogP contribution in [0, 0.1) is 0 Å². The van der Waals surface area contributed by atoms with Crippen molar-refractivity contribution in [3.05, 3.63) is 29.8 Å². The minimum atomic E-state index is -3.38. The molecule has 0 heterocycles. The smallest absolute Gasteiger partial charge is 0.243 e. The fraction of sp³-hybridized carbons (Fsp3) is 0.600. The van der Waals surface area contributed by atoms with Gasteiger partial charge in [-0.15, -0.1) is 0 Å². The van der Waals surface area contributed by atoms with Crippen LogP contribution in [0.25, 0.3) is 0 Å². The van der Waals surface area contributed by atoms with E-state index in [1.807, 2.05) is 40.0 Å². The van der Waals surface area contributed by atoms with Gasteiger partial charge in [0.05, 0.1) is 4.90 Å². The van der Waals surface area contributed by atoms with Gasteiger partial charge in [0.1, 0.15) is 0 Å². The lowest BCUT2D eigenvalue weighted by atomic mass is 10.1. The molecular formula is C15H26N2O2S. The Morgan fingerprint density at radius 2 is 1.80 bits per heavy atom. The van der Waals surface area contributed by atoms with E-state index in [9.17, 15) is 8.42 Å². The number of sulfonamides is 1. The van der Waals surface area contributed by atoms with Crippen LogP contribution in [0.2, 0.25) is 0 Å². The van der Waals surface area contributed by atoms with Crippen molar-refractivity contribution in [1.29, 1.82) is 0 Å². The van der Waals surface area contributed by atoms with Crippen LogP contribution < -0.4 is 5.32 Å². The number of rotatable bonds is 8. The molecule has 0 aliphatic carbocycles. The van der Waals surface area contributed by atoms with Gasteiger partial charge in [0, 0.05) is 19.1 Å². The predicted molar refractivity (Wildman–Crippen MR) is 83.3 cm³/mol. The van der Waals surface area contributed by atoms with Crippen molar-refractivity contribution >= 4 is 10.0 Å². The van der Waals surface area contributed by atoms with Crippen molar-refractivity contribution in [1.82, 2.24) is 9.62 Å². The molecule has 0 spiro atoms. The number of hydrogen-bond donors (Lipinski definition) is 1. The molecule has 0 amide bonds. The normalized spacial score (nSPS) is 13.7. The van der Waals surface area contributed by atoms with E-state index in [0.717, 1.165) is 18.4 Å². The highest BCUT2D eigenvalue weighted by atomic mass is 32.2. The van der Waals surface area contributed by atoms with Crippen molar-refractivity contribution in [2.75, 3.05) is 20.1 Å². The summed E-state index contributed by atoms with van der Waals surface area (Å²) >= 11 is 0. The molecule has 0 saturated heterocycles. The highest BCUT2D eigenvalue weighted by Gasteiger charge is 2.23. The fourth-order valence-electron chi connectivity index (χ4n) is 2.11. The molecule has 1 aromatic carbocycles. The Bertz CT molecular complexity index is 508. The van der Waals surface area contributed by atoms with Crippen molar-refractivity contribution in [2.24, 2.45) is 0 Å². The molecule has 1 aromatic rings. The van der Waals surface area contributed by atoms with Crippen molar-refractivity contribution in [3.63, 3.8) is 0 Å². The minimum absolute atomic E-state index is 0.135. The van der Waals surface area contributed by atoms with Gasteiger partial charge in [0.2, 0.25) is 10.0 Å². The van der Waals surface area contributed by atoms with E-state index in [1.165, 1.54) is 0 Å². The Morgan fingerprint density at radius 1 is 1.20 bits per heavy atom. The number of nitrogens with zero attached hydrogens (tertiary/aromatic N) is 1. The van der Waals surface area contributed by atoms with Gasteiger partial charge >= 0.3 is 0 Å². The van der Waals surface area contributed by atoms with Gasteiger partial charge in [-0.3, -0.25) is 0 Å². The van der Waals surface area contributed by atoms with Gasteiger partial charge < -0.3 is 5.32 Å². The van der Waals surface area contributed by atoms with Gasteiger partial charge in [-0.1, -0.05) is 26.0 Å². The summed E-state index contributed by atoms with van der Waals surface area (Å²) in [6, 6.07) is 7.35. The van der Waals surface area contributed by atoms with E-state index in [-0.39, 0.29) is 6.04 Å². The van der Waals surface area contributed by atoms with Crippen LogP contribution in [0.3, 0.4) is 0 Å². The first-order chi connectivity index (χ1) is 9.47. The zero-order chi connectivity index (χ0) is 15.2. The first-order valence-electron chi connectivity index (χ1n) is 7.24. The number of nitrogens with one attached hydrogen (secondary N) is 1. The average Bonchev–Trinajstić information content (AvgIpc) is 2.46. The van der Waals surface area contributed by atoms with Gasteiger partial charge in [0.25, 0.3) is 0 Å². The molecule has 0 aromatic heterocycles. The molecule has 1 N–H and O–H groups in total. The molecule has 20 heavy (non-hydrogen) atoms. The predicted octanol–water partition coefficient (Wildman–Crippen LogP) is 2.78. The quantitative estimate of drug-likeness (QED) is 0.803. The molecule has 0 aliphatic heterocycles. The topological polar surface area (TPSA) is 49.4 Å². The van der Waals surface area contributed by atoms with E-state index >= 15 is 0 Å². The summed E-state index contributed by atoms with van der Waals surface area (Å²) < 4.78 is 26.9. The van der Waals surface area contributed by atoms with Crippen LogP contribution in [0.15, 0.2) is 29.2 Å². The van der Waals surface area contributed by atoms with Crippen LogP contribution >= 0.6 is 0 Å². The summed E-state index contributed by atoms with van der Waals surface area (Å²) in [5.41, 5.74) is 0.988. The van der Waals surface area contributed by atoms with E-state index < -0.39 is 10.0 Å². The summed E-state index contributed by atoms with van der Waals surface area (Å²) in [7, 11) is -1.52. The van der Waals surface area contributed by atoms with Gasteiger partial charge in [-0.05, 0) is 44.5 Å². The summed E-state index contributed by atoms with van der Waals surface area (Å²) in [5.74, 6) is 0. The lowest BCUT2D eigenvalue weighted by Gasteiger charge is -2.21. The lowest BCUT2D eigenvalue weighted by molar-refractivity contribution is 0.410. The van der Waals surface area contributed by atoms with E-state index in [4.69, 9.17) is 0 Å². The first kappa shape index (κ1) is 17.1. The number of hydrogen-bond acceptors (Lipinski definition) is 3. The van der Waals surface area contributed by atoms with Gasteiger partial charge in [-0.25, -0.2) is 8.42 Å². The average molecular weight is 298 g/mol. The minimum Gasteiger partial charge on any atom is -0.313 e. The largest absolute Gasteiger partial charge is 0.313 e. The maximum absolute atomic E-state index is 12.7. The first-order valence-corrected chi connectivity index (χ1v) is 8.68. The Hall–Kier alpha value is -0.910. The summed E-state index contributed by atoms with van der Waals surface area (Å²) in [5, 5.41) is 3.13. The molecule has 114 valence electrons. The molecule has 0 bridgehead atoms. The van der Waals surface area contributed by atoms with Gasteiger partial charge in [-0.2, -0.15) is 4.31 Å². The highest BCUT2D eigenvalue weighted by molar-refractivity contribution is 7.89. The molecule has 4 nitrogen and oxygen atoms in total. The second-order valence-corrected chi connectivity index (χ2v) is 6.92. The van der Waals surface area contributed by atoms with Crippen molar-refractivity contribution < 1.29 is 8.42 Å². The molecule has 0 radical (unpaired) electrons. The Morgan fingerprint density at radius 3 is 2.30 bits per heavy atom. The summed E-state index contributed by atoms with van der Waals surface area (Å²) in [6.45, 7) is 7.15.